The molecule has 0 unspecified atom stereocenters. The van der Waals surface area contributed by atoms with Crippen molar-refractivity contribution in [2.45, 2.75) is 60.9 Å². The van der Waals surface area contributed by atoms with Crippen LogP contribution in [0.15, 0.2) is 0 Å². The van der Waals surface area contributed by atoms with Crippen molar-refractivity contribution < 1.29 is 58.6 Å². The van der Waals surface area contributed by atoms with Gasteiger partial charge < -0.3 is 39.4 Å². The zero-order valence-corrected chi connectivity index (χ0v) is 13.3. The topological polar surface area (TPSA) is 186 Å². The fourth-order valence-corrected chi connectivity index (χ4v) is 5.45. The fourth-order valence-electron chi connectivity index (χ4n) is 5.45. The largest absolute Gasteiger partial charge is 0.506 e. The summed E-state index contributed by atoms with van der Waals surface area (Å²) in [6.07, 6.45) is -7.81. The smallest absolute Gasteiger partial charge is 0.450 e. The van der Waals surface area contributed by atoms with Crippen LogP contribution < -0.4 is 0 Å². The number of carbonyl (C=O) groups is 4. The fraction of sp³-hybridized carbons (Fsp3) is 0.714. The first kappa shape index (κ1) is 17.9. The monoisotopic (exact) mass is 376 g/mol. The van der Waals surface area contributed by atoms with E-state index >= 15 is 0 Å². The summed E-state index contributed by atoms with van der Waals surface area (Å²) in [7, 11) is 0. The summed E-state index contributed by atoms with van der Waals surface area (Å²) < 4.78 is 19.9. The van der Waals surface area contributed by atoms with E-state index in [0.29, 0.717) is 0 Å². The zero-order valence-electron chi connectivity index (χ0n) is 13.3. The summed E-state index contributed by atoms with van der Waals surface area (Å²) in [5.41, 5.74) is -6.39. The molecule has 4 aliphatic rings. The Balaban J connectivity index is 2.10. The van der Waals surface area contributed by atoms with Crippen LogP contribution in [0.3, 0.4) is 0 Å². The van der Waals surface area contributed by atoms with Crippen molar-refractivity contribution in [3.8, 4) is 0 Å². The molecule has 0 radical (unpaired) electrons. The molecule has 0 spiro atoms. The molecule has 4 fully saturated rings. The normalized spacial score (nSPS) is 39.7. The van der Waals surface area contributed by atoms with Crippen molar-refractivity contribution in [1.29, 1.82) is 0 Å². The molecule has 0 amide bonds. The maximum Gasteiger partial charge on any atom is 0.506 e. The second-order valence-corrected chi connectivity index (χ2v) is 7.26. The predicted molar refractivity (Wildman–Crippen MR) is 75.1 cm³/mol. The van der Waals surface area contributed by atoms with Gasteiger partial charge in [0.25, 0.3) is 0 Å². The molecule has 4 aliphatic carbocycles. The lowest BCUT2D eigenvalue weighted by molar-refractivity contribution is -0.299. The number of ether oxygens (including phenoxy) is 4. The van der Waals surface area contributed by atoms with Crippen molar-refractivity contribution in [2.75, 3.05) is 0 Å². The molecule has 12 heteroatoms. The Hall–Kier alpha value is -2.92. The summed E-state index contributed by atoms with van der Waals surface area (Å²) in [5, 5.41) is 36.3. The van der Waals surface area contributed by atoms with Gasteiger partial charge >= 0.3 is 24.6 Å². The molecule has 0 aromatic rings. The number of hydrogen-bond acceptors (Lipinski definition) is 8. The van der Waals surface area contributed by atoms with E-state index in [-0.39, 0.29) is 38.5 Å². The van der Waals surface area contributed by atoms with Crippen molar-refractivity contribution >= 4 is 24.6 Å². The molecule has 12 nitrogen and oxygen atoms in total. The zero-order chi connectivity index (χ0) is 19.4. The Morgan fingerprint density at radius 1 is 0.462 bits per heavy atom. The van der Waals surface area contributed by atoms with Gasteiger partial charge in [0.05, 0.1) is 0 Å². The lowest BCUT2D eigenvalue weighted by Gasteiger charge is -2.65. The van der Waals surface area contributed by atoms with E-state index in [4.69, 9.17) is 39.4 Å². The third-order valence-corrected chi connectivity index (χ3v) is 5.08. The maximum absolute atomic E-state index is 11.2. The highest BCUT2D eigenvalue weighted by Crippen LogP contribution is 2.65. The molecule has 4 rings (SSSR count). The van der Waals surface area contributed by atoms with Crippen molar-refractivity contribution in [3.63, 3.8) is 0 Å². The molecule has 0 aliphatic heterocycles. The molecule has 4 N–H and O–H groups in total. The van der Waals surface area contributed by atoms with Crippen LogP contribution in [0, 0.1) is 0 Å². The molecule has 144 valence electrons. The van der Waals surface area contributed by atoms with Crippen molar-refractivity contribution in [1.82, 2.24) is 0 Å². The Kier molecular flexibility index (Phi) is 3.64. The van der Waals surface area contributed by atoms with E-state index in [2.05, 4.69) is 0 Å². The van der Waals surface area contributed by atoms with Gasteiger partial charge in [-0.05, 0) is 0 Å². The minimum absolute atomic E-state index is 0.186. The van der Waals surface area contributed by atoms with E-state index in [1.54, 1.807) is 0 Å². The molecule has 0 aromatic heterocycles. The third-order valence-electron chi connectivity index (χ3n) is 5.08. The molecule has 4 bridgehead atoms. The molecule has 0 atom stereocenters. The predicted octanol–water partition coefficient (Wildman–Crippen LogP) is 2.10. The average molecular weight is 376 g/mol. The van der Waals surface area contributed by atoms with Gasteiger partial charge in [-0.1, -0.05) is 0 Å². The highest BCUT2D eigenvalue weighted by Gasteiger charge is 2.74. The van der Waals surface area contributed by atoms with Crippen LogP contribution in [0.2, 0.25) is 0 Å². The van der Waals surface area contributed by atoms with Crippen LogP contribution >= 0.6 is 0 Å². The number of carboxylic acid groups (broad SMARTS) is 4. The summed E-state index contributed by atoms with van der Waals surface area (Å²) in [4.78, 5) is 44.7. The van der Waals surface area contributed by atoms with Gasteiger partial charge in [0, 0.05) is 38.5 Å². The van der Waals surface area contributed by atoms with Gasteiger partial charge in [0.15, 0.2) is 0 Å². The second-order valence-electron chi connectivity index (χ2n) is 7.26. The molecular formula is C14H16O12. The second kappa shape index (κ2) is 5.29. The number of hydrogen-bond donors (Lipinski definition) is 4. The SMILES string of the molecule is O=C(O)OC12CC3(OC(=O)O)CC(OC(=O)O)(C1)CC(OC(=O)O)(C2)C3. The average Bonchev–Trinajstić information content (AvgIpc) is 2.28. The lowest BCUT2D eigenvalue weighted by atomic mass is 9.48. The molecule has 0 aromatic carbocycles. The van der Waals surface area contributed by atoms with Gasteiger partial charge in [-0.3, -0.25) is 0 Å². The summed E-state index contributed by atoms with van der Waals surface area (Å²) in [6, 6.07) is 0. The first-order valence-electron chi connectivity index (χ1n) is 7.59. The minimum atomic E-state index is -1.67. The van der Waals surface area contributed by atoms with Gasteiger partial charge in [-0.25, -0.2) is 19.2 Å². The van der Waals surface area contributed by atoms with Crippen LogP contribution in [0.25, 0.3) is 0 Å². The highest BCUT2D eigenvalue weighted by atomic mass is 16.7. The summed E-state index contributed by atoms with van der Waals surface area (Å²) in [5.74, 6) is 0. The standard InChI is InChI=1S/C14H16O12/c15-7(16)23-11-1-12(24-8(17)18)4-13(2-11,25-9(19)20)6-14(3-11,5-12)26-10(21)22/h1-6H2,(H,15,16)(H,17,18)(H,19,20)(H,21,22). The van der Waals surface area contributed by atoms with Crippen molar-refractivity contribution in [3.05, 3.63) is 0 Å². The van der Waals surface area contributed by atoms with Gasteiger partial charge in [0.1, 0.15) is 22.4 Å². The Morgan fingerprint density at radius 3 is 0.731 bits per heavy atom. The van der Waals surface area contributed by atoms with Crippen molar-refractivity contribution in [2.24, 2.45) is 0 Å². The molecule has 0 heterocycles. The highest BCUT2D eigenvalue weighted by molar-refractivity contribution is 5.62. The first-order chi connectivity index (χ1) is 11.9. The summed E-state index contributed by atoms with van der Waals surface area (Å²) >= 11 is 0. The van der Waals surface area contributed by atoms with Crippen LogP contribution in [-0.4, -0.2) is 67.5 Å². The lowest BCUT2D eigenvalue weighted by Crippen LogP contribution is -2.74. The maximum atomic E-state index is 11.2. The first-order valence-corrected chi connectivity index (χ1v) is 7.59. The van der Waals surface area contributed by atoms with E-state index in [1.165, 1.54) is 0 Å². The van der Waals surface area contributed by atoms with Crippen LogP contribution in [0.1, 0.15) is 38.5 Å². The van der Waals surface area contributed by atoms with E-state index in [0.717, 1.165) is 0 Å². The third kappa shape index (κ3) is 3.02. The van der Waals surface area contributed by atoms with Crippen LogP contribution in [0.4, 0.5) is 19.2 Å². The molecule has 26 heavy (non-hydrogen) atoms. The van der Waals surface area contributed by atoms with Gasteiger partial charge in [0.2, 0.25) is 0 Å². The van der Waals surface area contributed by atoms with Gasteiger partial charge in [-0.2, -0.15) is 0 Å². The summed E-state index contributed by atoms with van der Waals surface area (Å²) in [6.45, 7) is 0. The molecule has 4 saturated carbocycles. The van der Waals surface area contributed by atoms with E-state index in [1.807, 2.05) is 0 Å². The quantitative estimate of drug-likeness (QED) is 0.414. The number of rotatable bonds is 4. The molecule has 0 saturated heterocycles. The minimum Gasteiger partial charge on any atom is -0.450 e. The Labute approximate surface area is 145 Å². The van der Waals surface area contributed by atoms with Gasteiger partial charge in [-0.15, -0.1) is 0 Å². The van der Waals surface area contributed by atoms with Crippen LogP contribution in [-0.2, 0) is 18.9 Å². The Bertz CT molecular complexity index is 532. The van der Waals surface area contributed by atoms with Crippen LogP contribution in [0.5, 0.6) is 0 Å². The molecular weight excluding hydrogens is 360 g/mol. The Morgan fingerprint density at radius 2 is 0.615 bits per heavy atom. The van der Waals surface area contributed by atoms with E-state index < -0.39 is 47.0 Å². The van der Waals surface area contributed by atoms with E-state index in [9.17, 15) is 19.2 Å².